The Labute approximate surface area is 104 Å². The number of rotatable bonds is 4. The molecular weight excluding hydrogens is 269 g/mol. The van der Waals surface area contributed by atoms with Gasteiger partial charge in [-0.2, -0.15) is 0 Å². The number of halogens is 2. The average Bonchev–Trinajstić information content (AvgIpc) is 3.06. The summed E-state index contributed by atoms with van der Waals surface area (Å²) in [6.07, 6.45) is 3.20. The van der Waals surface area contributed by atoms with Crippen LogP contribution in [0.25, 0.3) is 0 Å². The van der Waals surface area contributed by atoms with Crippen LogP contribution in [0.2, 0.25) is 0 Å². The van der Waals surface area contributed by atoms with Crippen LogP contribution in [0.4, 0.5) is 4.39 Å². The van der Waals surface area contributed by atoms with Crippen LogP contribution >= 0.6 is 15.9 Å². The minimum Gasteiger partial charge on any atom is -0.327 e. The zero-order valence-electron chi connectivity index (χ0n) is 9.42. The van der Waals surface area contributed by atoms with Gasteiger partial charge in [0.1, 0.15) is 5.82 Å². The van der Waals surface area contributed by atoms with E-state index in [4.69, 9.17) is 5.73 Å². The molecule has 0 bridgehead atoms. The van der Waals surface area contributed by atoms with Crippen molar-refractivity contribution in [3.05, 3.63) is 34.1 Å². The fourth-order valence-electron chi connectivity index (χ4n) is 2.11. The van der Waals surface area contributed by atoms with Gasteiger partial charge in [-0.15, -0.1) is 0 Å². The molecule has 2 rings (SSSR count). The van der Waals surface area contributed by atoms with E-state index in [-0.39, 0.29) is 11.9 Å². The average molecular weight is 286 g/mol. The van der Waals surface area contributed by atoms with Crippen LogP contribution in [0.5, 0.6) is 0 Å². The van der Waals surface area contributed by atoms with Crippen molar-refractivity contribution in [2.75, 3.05) is 0 Å². The highest BCUT2D eigenvalue weighted by Crippen LogP contribution is 2.38. The van der Waals surface area contributed by atoms with Gasteiger partial charge in [0.25, 0.3) is 0 Å². The maximum atomic E-state index is 13.5. The molecule has 1 aromatic rings. The molecule has 1 aliphatic carbocycles. The van der Waals surface area contributed by atoms with Crippen molar-refractivity contribution in [2.24, 2.45) is 17.6 Å². The van der Waals surface area contributed by atoms with Crippen LogP contribution in [0.1, 0.15) is 25.3 Å². The van der Waals surface area contributed by atoms with Crippen LogP contribution in [0.3, 0.4) is 0 Å². The van der Waals surface area contributed by atoms with Gasteiger partial charge in [0, 0.05) is 10.5 Å². The smallest absolute Gasteiger partial charge is 0.126 e. The molecule has 3 heteroatoms. The summed E-state index contributed by atoms with van der Waals surface area (Å²) >= 11 is 3.36. The summed E-state index contributed by atoms with van der Waals surface area (Å²) in [6.45, 7) is 2.18. The summed E-state index contributed by atoms with van der Waals surface area (Å²) in [4.78, 5) is 0. The number of hydrogen-bond acceptors (Lipinski definition) is 1. The first-order chi connectivity index (χ1) is 7.58. The predicted octanol–water partition coefficient (Wildman–Crippen LogP) is 3.50. The van der Waals surface area contributed by atoms with E-state index in [0.29, 0.717) is 12.3 Å². The maximum absolute atomic E-state index is 13.5. The summed E-state index contributed by atoms with van der Waals surface area (Å²) in [7, 11) is 0. The highest BCUT2D eigenvalue weighted by Gasteiger charge is 2.31. The molecule has 1 nitrogen and oxygen atoms in total. The second-order valence-electron chi connectivity index (χ2n) is 4.80. The van der Waals surface area contributed by atoms with Crippen molar-refractivity contribution in [3.8, 4) is 0 Å². The van der Waals surface area contributed by atoms with Gasteiger partial charge in [0.15, 0.2) is 0 Å². The molecule has 1 saturated carbocycles. The van der Waals surface area contributed by atoms with E-state index in [9.17, 15) is 4.39 Å². The molecule has 16 heavy (non-hydrogen) atoms. The number of hydrogen-bond donors (Lipinski definition) is 1. The lowest BCUT2D eigenvalue weighted by Crippen LogP contribution is -2.32. The molecule has 88 valence electrons. The Bertz CT molecular complexity index is 376. The minimum absolute atomic E-state index is 0.0660. The summed E-state index contributed by atoms with van der Waals surface area (Å²) in [5.41, 5.74) is 6.84. The third-order valence-electron chi connectivity index (χ3n) is 3.50. The Morgan fingerprint density at radius 1 is 1.50 bits per heavy atom. The molecule has 0 spiro atoms. The van der Waals surface area contributed by atoms with Gasteiger partial charge in [-0.3, -0.25) is 0 Å². The summed E-state index contributed by atoms with van der Waals surface area (Å²) in [5.74, 6) is 1.12. The molecule has 2 atom stereocenters. The second kappa shape index (κ2) is 4.84. The van der Waals surface area contributed by atoms with Crippen molar-refractivity contribution in [3.63, 3.8) is 0 Å². The van der Waals surface area contributed by atoms with E-state index in [1.807, 2.05) is 6.07 Å². The fourth-order valence-corrected chi connectivity index (χ4v) is 2.52. The first kappa shape index (κ1) is 12.1. The first-order valence-corrected chi connectivity index (χ1v) is 6.56. The normalized spacial score (nSPS) is 19.5. The van der Waals surface area contributed by atoms with Gasteiger partial charge in [-0.1, -0.05) is 22.9 Å². The summed E-state index contributed by atoms with van der Waals surface area (Å²) in [5, 5.41) is 0. The third kappa shape index (κ3) is 2.83. The van der Waals surface area contributed by atoms with E-state index in [1.165, 1.54) is 18.9 Å². The van der Waals surface area contributed by atoms with Crippen LogP contribution in [-0.2, 0) is 6.42 Å². The van der Waals surface area contributed by atoms with E-state index < -0.39 is 0 Å². The Morgan fingerprint density at radius 3 is 2.81 bits per heavy atom. The van der Waals surface area contributed by atoms with Crippen LogP contribution in [0, 0.1) is 17.7 Å². The topological polar surface area (TPSA) is 26.0 Å². The van der Waals surface area contributed by atoms with Crippen LogP contribution in [0.15, 0.2) is 22.7 Å². The SMILES string of the molecule is CC(C(N)Cc1cc(Br)ccc1F)C1CC1. The Kier molecular flexibility index (Phi) is 3.65. The zero-order chi connectivity index (χ0) is 11.7. The maximum Gasteiger partial charge on any atom is 0.126 e. The largest absolute Gasteiger partial charge is 0.327 e. The lowest BCUT2D eigenvalue weighted by molar-refractivity contribution is 0.400. The minimum atomic E-state index is -0.151. The molecule has 0 amide bonds. The molecule has 1 aromatic carbocycles. The molecule has 0 radical (unpaired) electrons. The van der Waals surface area contributed by atoms with Gasteiger partial charge < -0.3 is 5.73 Å². The van der Waals surface area contributed by atoms with Crippen molar-refractivity contribution < 1.29 is 4.39 Å². The number of nitrogens with two attached hydrogens (primary N) is 1. The van der Waals surface area contributed by atoms with Crippen LogP contribution in [-0.4, -0.2) is 6.04 Å². The monoisotopic (exact) mass is 285 g/mol. The highest BCUT2D eigenvalue weighted by atomic mass is 79.9. The summed E-state index contributed by atoms with van der Waals surface area (Å²) in [6, 6.07) is 5.11. The zero-order valence-corrected chi connectivity index (χ0v) is 11.0. The predicted molar refractivity (Wildman–Crippen MR) is 67.7 cm³/mol. The molecule has 0 heterocycles. The Hall–Kier alpha value is -0.410. The molecule has 0 aromatic heterocycles. The molecule has 2 unspecified atom stereocenters. The van der Waals surface area contributed by atoms with Crippen molar-refractivity contribution in [1.29, 1.82) is 0 Å². The molecule has 1 fully saturated rings. The van der Waals surface area contributed by atoms with Crippen molar-refractivity contribution >= 4 is 15.9 Å². The molecule has 2 N–H and O–H groups in total. The quantitative estimate of drug-likeness (QED) is 0.900. The van der Waals surface area contributed by atoms with E-state index in [0.717, 1.165) is 16.0 Å². The van der Waals surface area contributed by atoms with Gasteiger partial charge in [-0.05, 0) is 54.9 Å². The first-order valence-electron chi connectivity index (χ1n) is 5.77. The fraction of sp³-hybridized carbons (Fsp3) is 0.538. The third-order valence-corrected chi connectivity index (χ3v) is 4.00. The van der Waals surface area contributed by atoms with Crippen LogP contribution < -0.4 is 5.73 Å². The van der Waals surface area contributed by atoms with Crippen molar-refractivity contribution in [1.82, 2.24) is 0 Å². The van der Waals surface area contributed by atoms with E-state index >= 15 is 0 Å². The number of benzene rings is 1. The standard InChI is InChI=1S/C13H17BrFN/c1-8(9-2-3-9)13(16)7-10-6-11(14)4-5-12(10)15/h4-6,8-9,13H,2-3,7,16H2,1H3. The van der Waals surface area contributed by atoms with E-state index in [1.54, 1.807) is 6.07 Å². The summed E-state index contributed by atoms with van der Waals surface area (Å²) < 4.78 is 14.4. The lowest BCUT2D eigenvalue weighted by atomic mass is 9.92. The Morgan fingerprint density at radius 2 is 2.19 bits per heavy atom. The molecule has 0 saturated heterocycles. The van der Waals surface area contributed by atoms with Crippen molar-refractivity contribution in [2.45, 2.75) is 32.2 Å². The van der Waals surface area contributed by atoms with Gasteiger partial charge in [0.2, 0.25) is 0 Å². The molecule has 0 aliphatic heterocycles. The molecule has 1 aliphatic rings. The van der Waals surface area contributed by atoms with E-state index in [2.05, 4.69) is 22.9 Å². The van der Waals surface area contributed by atoms with Gasteiger partial charge in [0.05, 0.1) is 0 Å². The highest BCUT2D eigenvalue weighted by molar-refractivity contribution is 9.10. The molecular formula is C13H17BrFN. The van der Waals surface area contributed by atoms with Gasteiger partial charge in [-0.25, -0.2) is 4.39 Å². The second-order valence-corrected chi connectivity index (χ2v) is 5.72. The van der Waals surface area contributed by atoms with Gasteiger partial charge >= 0.3 is 0 Å². The lowest BCUT2D eigenvalue weighted by Gasteiger charge is -2.19. The Balaban J connectivity index is 2.04.